The third-order valence-electron chi connectivity index (χ3n) is 3.23. The number of hydrogen-bond donors (Lipinski definition) is 0. The predicted molar refractivity (Wildman–Crippen MR) is 90.9 cm³/mol. The van der Waals surface area contributed by atoms with Crippen molar-refractivity contribution in [2.75, 3.05) is 5.75 Å². The topological polar surface area (TPSA) is 69.7 Å². The van der Waals surface area contributed by atoms with E-state index < -0.39 is 32.8 Å². The van der Waals surface area contributed by atoms with Crippen LogP contribution < -0.4 is 4.74 Å². The Bertz CT molecular complexity index is 836. The Morgan fingerprint density at radius 3 is 2.42 bits per heavy atom. The molecule has 0 saturated carbocycles. The zero-order valence-electron chi connectivity index (χ0n) is 14.2. The van der Waals surface area contributed by atoms with Crippen molar-refractivity contribution in [3.63, 3.8) is 0 Å². The molecule has 0 bridgehead atoms. The maximum Gasteiger partial charge on any atom is 0.534 e. The number of benzene rings is 1. The fraction of sp³-hybridized carbons (Fsp3) is 0.438. The molecule has 0 unspecified atom stereocenters. The molecule has 0 spiro atoms. The van der Waals surface area contributed by atoms with Crippen LogP contribution in [0.3, 0.4) is 0 Å². The fourth-order valence-corrected chi connectivity index (χ4v) is 3.29. The molecule has 10 heteroatoms. The number of hydrogen-bond acceptors (Lipinski definition) is 6. The van der Waals surface area contributed by atoms with E-state index in [1.807, 2.05) is 0 Å². The first-order valence-corrected chi connectivity index (χ1v) is 9.91. The van der Waals surface area contributed by atoms with Gasteiger partial charge in [0.1, 0.15) is 11.5 Å². The fourth-order valence-electron chi connectivity index (χ4n) is 1.86. The summed E-state index contributed by atoms with van der Waals surface area (Å²) in [6.07, 6.45) is 1.59. The Morgan fingerprint density at radius 2 is 1.85 bits per heavy atom. The first-order chi connectivity index (χ1) is 11.8. The van der Waals surface area contributed by atoms with Crippen LogP contribution in [-0.2, 0) is 19.1 Å². The van der Waals surface area contributed by atoms with Crippen molar-refractivity contribution < 1.29 is 35.3 Å². The summed E-state index contributed by atoms with van der Waals surface area (Å²) in [7, 11) is -5.80. The van der Waals surface area contributed by atoms with Gasteiger partial charge < -0.3 is 8.92 Å². The molecule has 0 N–H and O–H groups in total. The van der Waals surface area contributed by atoms with Crippen molar-refractivity contribution in [2.45, 2.75) is 37.6 Å². The lowest BCUT2D eigenvalue weighted by atomic mass is 9.97. The van der Waals surface area contributed by atoms with Gasteiger partial charge in [-0.25, -0.2) is 0 Å². The lowest BCUT2D eigenvalue weighted by Crippen LogP contribution is -2.26. The molecular formula is C16H17F3O5S2. The molecule has 144 valence electrons. The number of fused-ring (bicyclic) bond motifs is 1. The summed E-state index contributed by atoms with van der Waals surface area (Å²) in [6.45, 7) is 4.96. The number of thioether (sulfide) groups is 1. The quantitative estimate of drug-likeness (QED) is 0.320. The largest absolute Gasteiger partial charge is 0.534 e. The second-order valence-electron chi connectivity index (χ2n) is 6.49. The average molecular weight is 410 g/mol. The normalized spacial score (nSPS) is 15.5. The van der Waals surface area contributed by atoms with Crippen LogP contribution in [0.2, 0.25) is 0 Å². The van der Waals surface area contributed by atoms with Gasteiger partial charge in [-0.1, -0.05) is 0 Å². The number of rotatable bonds is 3. The molecule has 1 aromatic rings. The number of alkyl halides is 3. The molecule has 0 aromatic heterocycles. The highest BCUT2D eigenvalue weighted by molar-refractivity contribution is 7.99. The highest BCUT2D eigenvalue weighted by atomic mass is 32.2. The number of ether oxygens (including phenoxy) is 1. The van der Waals surface area contributed by atoms with E-state index in [2.05, 4.69) is 4.18 Å². The van der Waals surface area contributed by atoms with Crippen molar-refractivity contribution in [2.24, 2.45) is 5.41 Å². The summed E-state index contributed by atoms with van der Waals surface area (Å²) < 4.78 is 70.2. The zero-order valence-corrected chi connectivity index (χ0v) is 15.8. The van der Waals surface area contributed by atoms with Gasteiger partial charge in [-0.05, 0) is 51.5 Å². The van der Waals surface area contributed by atoms with Crippen LogP contribution in [0.1, 0.15) is 32.8 Å². The van der Waals surface area contributed by atoms with E-state index in [0.717, 1.165) is 0 Å². The Kier molecular flexibility index (Phi) is 5.67. The van der Waals surface area contributed by atoms with Gasteiger partial charge in [0.15, 0.2) is 0 Å². The van der Waals surface area contributed by atoms with Crippen molar-refractivity contribution in [3.8, 4) is 5.75 Å². The van der Waals surface area contributed by atoms with Gasteiger partial charge in [0, 0.05) is 16.2 Å². The number of halogens is 3. The Morgan fingerprint density at radius 1 is 1.19 bits per heavy atom. The maximum atomic E-state index is 12.6. The molecule has 1 aromatic carbocycles. The minimum Gasteiger partial charge on any atom is -0.426 e. The van der Waals surface area contributed by atoms with Gasteiger partial charge in [0.05, 0.1) is 5.41 Å². The van der Waals surface area contributed by atoms with Gasteiger partial charge in [0.25, 0.3) is 0 Å². The Balaban J connectivity index is 2.40. The molecule has 1 aliphatic rings. The minimum absolute atomic E-state index is 0.0880. The van der Waals surface area contributed by atoms with Crippen LogP contribution in [0.4, 0.5) is 13.2 Å². The lowest BCUT2D eigenvalue weighted by Gasteiger charge is -2.18. The van der Waals surface area contributed by atoms with Crippen LogP contribution in [0.5, 0.6) is 5.75 Å². The van der Waals surface area contributed by atoms with E-state index in [1.165, 1.54) is 30.0 Å². The van der Waals surface area contributed by atoms with Crippen LogP contribution in [-0.4, -0.2) is 25.6 Å². The van der Waals surface area contributed by atoms with Crippen molar-refractivity contribution in [1.29, 1.82) is 0 Å². The summed E-state index contributed by atoms with van der Waals surface area (Å²) in [4.78, 5) is 12.5. The zero-order chi connectivity index (χ0) is 19.8. The van der Waals surface area contributed by atoms with Crippen molar-refractivity contribution in [1.82, 2.24) is 0 Å². The van der Waals surface area contributed by atoms with Gasteiger partial charge >= 0.3 is 21.6 Å². The van der Waals surface area contributed by atoms with E-state index >= 15 is 0 Å². The monoisotopic (exact) mass is 410 g/mol. The lowest BCUT2D eigenvalue weighted by molar-refractivity contribution is -0.143. The van der Waals surface area contributed by atoms with E-state index in [1.54, 1.807) is 26.8 Å². The summed E-state index contributed by atoms with van der Waals surface area (Å²) in [5, 5.41) is 0. The summed E-state index contributed by atoms with van der Waals surface area (Å²) >= 11 is 1.33. The van der Waals surface area contributed by atoms with Crippen LogP contribution in [0, 0.1) is 5.41 Å². The van der Waals surface area contributed by atoms with Gasteiger partial charge in [-0.3, -0.25) is 4.79 Å². The van der Waals surface area contributed by atoms with E-state index in [9.17, 15) is 26.4 Å². The third-order valence-corrected chi connectivity index (χ3v) is 5.30. The third kappa shape index (κ3) is 4.73. The molecule has 2 rings (SSSR count). The maximum absolute atomic E-state index is 12.6. The minimum atomic E-state index is -5.80. The predicted octanol–water partition coefficient (Wildman–Crippen LogP) is 4.34. The Labute approximate surface area is 153 Å². The number of carbonyl (C=O) groups excluding carboxylic acids is 1. The number of allylic oxidation sites excluding steroid dienone is 1. The first kappa shape index (κ1) is 20.6. The molecule has 1 heterocycles. The first-order valence-electron chi connectivity index (χ1n) is 7.52. The van der Waals surface area contributed by atoms with Crippen molar-refractivity contribution in [3.05, 3.63) is 29.8 Å². The molecule has 0 atom stereocenters. The van der Waals surface area contributed by atoms with Crippen LogP contribution >= 0.6 is 11.8 Å². The van der Waals surface area contributed by atoms with Gasteiger partial charge in [-0.2, -0.15) is 21.6 Å². The van der Waals surface area contributed by atoms with Crippen LogP contribution in [0.15, 0.2) is 29.2 Å². The van der Waals surface area contributed by atoms with E-state index in [-0.39, 0.29) is 11.3 Å². The number of carbonyl (C=O) groups is 1. The second kappa shape index (κ2) is 7.15. The smallest absolute Gasteiger partial charge is 0.426 e. The number of esters is 1. The highest BCUT2D eigenvalue weighted by Gasteiger charge is 2.49. The molecule has 5 nitrogen and oxygen atoms in total. The second-order valence-corrected chi connectivity index (χ2v) is 9.16. The highest BCUT2D eigenvalue weighted by Crippen LogP contribution is 2.38. The summed E-state index contributed by atoms with van der Waals surface area (Å²) in [5.74, 6) is -0.346. The van der Waals surface area contributed by atoms with Crippen molar-refractivity contribution >= 4 is 33.6 Å². The summed E-state index contributed by atoms with van der Waals surface area (Å²) in [5.41, 5.74) is -6.19. The van der Waals surface area contributed by atoms with E-state index in [4.69, 9.17) is 4.74 Å². The molecule has 0 saturated heterocycles. The van der Waals surface area contributed by atoms with Gasteiger partial charge in [0.2, 0.25) is 0 Å². The molecule has 0 aliphatic carbocycles. The van der Waals surface area contributed by atoms with Gasteiger partial charge in [-0.15, -0.1) is 11.8 Å². The molecule has 26 heavy (non-hydrogen) atoms. The molecule has 1 aliphatic heterocycles. The standard InChI is InChI=1S/C16H17F3O5S2/c1-15(2,3)14(20)23-10-6-7-13-11(9-10)12(5-4-8-25-13)24-26(21,22)16(17,18)19/h5-7,9H,4,8H2,1-3H3. The molecule has 0 fully saturated rings. The molecule has 0 amide bonds. The molecule has 0 radical (unpaired) electrons. The SMILES string of the molecule is CC(C)(C)C(=O)Oc1ccc2c(c1)C(OS(=O)(=O)C(F)(F)F)=CCCS2. The Hall–Kier alpha value is -1.68. The molecular weight excluding hydrogens is 393 g/mol. The summed E-state index contributed by atoms with van der Waals surface area (Å²) in [6, 6.07) is 4.35. The van der Waals surface area contributed by atoms with Crippen LogP contribution in [0.25, 0.3) is 5.76 Å². The van der Waals surface area contributed by atoms with E-state index in [0.29, 0.717) is 17.1 Å². The average Bonchev–Trinajstić information content (AvgIpc) is 2.67.